The molecule has 0 unspecified atom stereocenters. The van der Waals surface area contributed by atoms with Gasteiger partial charge >= 0.3 is 5.76 Å². The molecule has 0 saturated heterocycles. The van der Waals surface area contributed by atoms with Crippen LogP contribution in [0.1, 0.15) is 58.6 Å². The van der Waals surface area contributed by atoms with E-state index in [-0.39, 0.29) is 23.6 Å². The molecular formula is C23H23FN6O4. The standard InChI is InChI=1S/C23H23FN6O4/c24-15-12-27-30-18(22(32)26-10-13-4-2-1-3-5-13)9-17(28-20(15)30)21(31)25-11-14-6-7-19-16(8-14)29-23(33)34-19/h6-9,12-13H,1-5,10-11H2,(H,25,31)(H,26,32)(H,29,33). The third-order valence-corrected chi connectivity index (χ3v) is 6.11. The number of rotatable bonds is 6. The van der Waals surface area contributed by atoms with E-state index in [2.05, 4.69) is 25.7 Å². The van der Waals surface area contributed by atoms with Crippen molar-refractivity contribution in [2.24, 2.45) is 5.92 Å². The predicted molar refractivity (Wildman–Crippen MR) is 120 cm³/mol. The molecule has 0 spiro atoms. The molecule has 0 bridgehead atoms. The molecule has 34 heavy (non-hydrogen) atoms. The first-order chi connectivity index (χ1) is 16.5. The molecule has 1 aliphatic rings. The Hall–Kier alpha value is -4.02. The van der Waals surface area contributed by atoms with Crippen LogP contribution in [0, 0.1) is 11.7 Å². The highest BCUT2D eigenvalue weighted by Gasteiger charge is 2.21. The first-order valence-corrected chi connectivity index (χ1v) is 11.2. The number of amides is 2. The number of hydrogen-bond donors (Lipinski definition) is 3. The van der Waals surface area contributed by atoms with Crippen LogP contribution < -0.4 is 16.4 Å². The van der Waals surface area contributed by atoms with E-state index in [1.165, 1.54) is 12.5 Å². The Balaban J connectivity index is 1.34. The number of aromatic amines is 1. The van der Waals surface area contributed by atoms with Crippen molar-refractivity contribution in [3.05, 3.63) is 63.8 Å². The van der Waals surface area contributed by atoms with Crippen LogP contribution in [0.4, 0.5) is 4.39 Å². The molecular weight excluding hydrogens is 443 g/mol. The van der Waals surface area contributed by atoms with Crippen molar-refractivity contribution in [1.29, 1.82) is 0 Å². The highest BCUT2D eigenvalue weighted by atomic mass is 19.1. The molecule has 1 saturated carbocycles. The molecule has 2 amide bonds. The minimum absolute atomic E-state index is 0.0345. The highest BCUT2D eigenvalue weighted by molar-refractivity contribution is 5.98. The number of nitrogens with zero attached hydrogens (tertiary/aromatic N) is 3. The largest absolute Gasteiger partial charge is 0.417 e. The number of oxazole rings is 1. The van der Waals surface area contributed by atoms with Gasteiger partial charge in [-0.1, -0.05) is 25.3 Å². The van der Waals surface area contributed by atoms with Crippen molar-refractivity contribution < 1.29 is 18.4 Å². The average molecular weight is 466 g/mol. The number of H-pyrrole nitrogens is 1. The summed E-state index contributed by atoms with van der Waals surface area (Å²) < 4.78 is 20.3. The lowest BCUT2D eigenvalue weighted by Gasteiger charge is -2.21. The van der Waals surface area contributed by atoms with Crippen LogP contribution in [0.3, 0.4) is 0 Å². The summed E-state index contributed by atoms with van der Waals surface area (Å²) in [5.74, 6) is -1.90. The van der Waals surface area contributed by atoms with Gasteiger partial charge in [0.15, 0.2) is 17.0 Å². The van der Waals surface area contributed by atoms with Crippen LogP contribution in [0.15, 0.2) is 39.7 Å². The molecule has 1 fully saturated rings. The van der Waals surface area contributed by atoms with E-state index in [0.717, 1.165) is 36.4 Å². The molecule has 0 radical (unpaired) electrons. The topological polar surface area (TPSA) is 134 Å². The Labute approximate surface area is 192 Å². The van der Waals surface area contributed by atoms with Crippen molar-refractivity contribution in [1.82, 2.24) is 30.2 Å². The van der Waals surface area contributed by atoms with Gasteiger partial charge in [-0.3, -0.25) is 14.6 Å². The summed E-state index contributed by atoms with van der Waals surface area (Å²) in [5.41, 5.74) is 1.36. The fourth-order valence-electron chi connectivity index (χ4n) is 4.32. The predicted octanol–water partition coefficient (Wildman–Crippen LogP) is 2.54. The van der Waals surface area contributed by atoms with Gasteiger partial charge in [0.1, 0.15) is 11.4 Å². The SMILES string of the molecule is O=C(NCc1ccc2oc(=O)[nH]c2c1)c1cc(C(=O)NCC2CCCCC2)n2ncc(F)c2n1. The second kappa shape index (κ2) is 9.08. The van der Waals surface area contributed by atoms with Gasteiger partial charge in [0, 0.05) is 19.2 Å². The molecule has 4 aromatic rings. The number of nitrogens with one attached hydrogen (secondary N) is 3. The zero-order valence-corrected chi connectivity index (χ0v) is 18.3. The third-order valence-electron chi connectivity index (χ3n) is 6.11. The lowest BCUT2D eigenvalue weighted by molar-refractivity contribution is 0.0935. The van der Waals surface area contributed by atoms with Gasteiger partial charge in [-0.05, 0) is 36.5 Å². The van der Waals surface area contributed by atoms with Gasteiger partial charge in [0.25, 0.3) is 11.8 Å². The number of fused-ring (bicyclic) bond motifs is 2. The lowest BCUT2D eigenvalue weighted by atomic mass is 9.89. The normalized spacial score (nSPS) is 14.5. The van der Waals surface area contributed by atoms with Crippen LogP contribution in [0.2, 0.25) is 0 Å². The van der Waals surface area contributed by atoms with E-state index >= 15 is 0 Å². The smallest absolute Gasteiger partial charge is 0.408 e. The first kappa shape index (κ1) is 21.8. The van der Waals surface area contributed by atoms with Crippen LogP contribution in [-0.2, 0) is 6.54 Å². The molecule has 0 atom stereocenters. The van der Waals surface area contributed by atoms with Gasteiger partial charge < -0.3 is 15.1 Å². The molecule has 3 N–H and O–H groups in total. The van der Waals surface area contributed by atoms with Crippen LogP contribution >= 0.6 is 0 Å². The van der Waals surface area contributed by atoms with E-state index in [1.807, 2.05) is 0 Å². The molecule has 10 nitrogen and oxygen atoms in total. The number of carbonyl (C=O) groups is 2. The quantitative estimate of drug-likeness (QED) is 0.400. The van der Waals surface area contributed by atoms with Crippen LogP contribution in [-0.4, -0.2) is 37.9 Å². The van der Waals surface area contributed by atoms with Crippen molar-refractivity contribution in [3.63, 3.8) is 0 Å². The van der Waals surface area contributed by atoms with Crippen molar-refractivity contribution >= 4 is 28.6 Å². The summed E-state index contributed by atoms with van der Waals surface area (Å²) in [6.45, 7) is 0.645. The number of aromatic nitrogens is 4. The summed E-state index contributed by atoms with van der Waals surface area (Å²) in [4.78, 5) is 43.6. The van der Waals surface area contributed by atoms with E-state index in [4.69, 9.17) is 4.42 Å². The zero-order chi connectivity index (χ0) is 23.7. The maximum atomic E-state index is 14.3. The molecule has 1 aliphatic carbocycles. The summed E-state index contributed by atoms with van der Waals surface area (Å²) >= 11 is 0. The Morgan fingerprint density at radius 2 is 1.97 bits per heavy atom. The van der Waals surface area contributed by atoms with Crippen molar-refractivity contribution in [2.45, 2.75) is 38.6 Å². The fraction of sp³-hybridized carbons (Fsp3) is 0.348. The highest BCUT2D eigenvalue weighted by Crippen LogP contribution is 2.23. The van der Waals surface area contributed by atoms with Gasteiger partial charge in [-0.15, -0.1) is 0 Å². The Morgan fingerprint density at radius 3 is 2.79 bits per heavy atom. The third kappa shape index (κ3) is 4.41. The number of halogens is 1. The maximum Gasteiger partial charge on any atom is 0.417 e. The first-order valence-electron chi connectivity index (χ1n) is 11.2. The number of hydrogen-bond acceptors (Lipinski definition) is 6. The molecule has 0 aliphatic heterocycles. The Morgan fingerprint density at radius 1 is 1.15 bits per heavy atom. The molecule has 1 aromatic carbocycles. The summed E-state index contributed by atoms with van der Waals surface area (Å²) in [6.07, 6.45) is 6.61. The zero-order valence-electron chi connectivity index (χ0n) is 18.3. The second-order valence-electron chi connectivity index (χ2n) is 8.50. The second-order valence-corrected chi connectivity index (χ2v) is 8.50. The summed E-state index contributed by atoms with van der Waals surface area (Å²) in [7, 11) is 0. The lowest BCUT2D eigenvalue weighted by Crippen LogP contribution is -2.32. The van der Waals surface area contributed by atoms with Gasteiger partial charge in [0.2, 0.25) is 0 Å². The number of carbonyl (C=O) groups excluding carboxylic acids is 2. The molecule has 11 heteroatoms. The van der Waals surface area contributed by atoms with E-state index < -0.39 is 23.4 Å². The van der Waals surface area contributed by atoms with E-state index in [9.17, 15) is 18.8 Å². The molecule has 3 aromatic heterocycles. The fourth-order valence-corrected chi connectivity index (χ4v) is 4.32. The van der Waals surface area contributed by atoms with Crippen LogP contribution in [0.5, 0.6) is 0 Å². The van der Waals surface area contributed by atoms with Gasteiger partial charge in [-0.2, -0.15) is 5.10 Å². The van der Waals surface area contributed by atoms with Crippen molar-refractivity contribution in [2.75, 3.05) is 6.54 Å². The molecule has 176 valence electrons. The molecule has 5 rings (SSSR count). The Kier molecular flexibility index (Phi) is 5.83. The van der Waals surface area contributed by atoms with Gasteiger partial charge in [0.05, 0.1) is 11.7 Å². The monoisotopic (exact) mass is 466 g/mol. The maximum absolute atomic E-state index is 14.3. The average Bonchev–Trinajstić information content (AvgIpc) is 3.42. The minimum Gasteiger partial charge on any atom is -0.408 e. The van der Waals surface area contributed by atoms with E-state index in [0.29, 0.717) is 29.1 Å². The van der Waals surface area contributed by atoms with Crippen LogP contribution in [0.25, 0.3) is 16.7 Å². The van der Waals surface area contributed by atoms with Crippen molar-refractivity contribution in [3.8, 4) is 0 Å². The molecule has 3 heterocycles. The Bertz CT molecular complexity index is 1430. The van der Waals surface area contributed by atoms with Gasteiger partial charge in [-0.25, -0.2) is 18.7 Å². The summed E-state index contributed by atoms with van der Waals surface area (Å²) in [5, 5.41) is 9.51. The minimum atomic E-state index is -0.731. The van der Waals surface area contributed by atoms with E-state index in [1.54, 1.807) is 18.2 Å². The summed E-state index contributed by atoms with van der Waals surface area (Å²) in [6, 6.07) is 6.31. The number of benzene rings is 1.